The molecule has 1 unspecified atom stereocenters. The molecule has 0 radical (unpaired) electrons. The van der Waals surface area contributed by atoms with Crippen molar-refractivity contribution in [2.75, 3.05) is 30.8 Å². The van der Waals surface area contributed by atoms with Gasteiger partial charge in [-0.25, -0.2) is 4.98 Å². The maximum Gasteiger partial charge on any atom is 0.225 e. The van der Waals surface area contributed by atoms with Gasteiger partial charge in [-0.1, -0.05) is 13.3 Å². The number of nitrogens with zero attached hydrogens (tertiary/aromatic N) is 2. The third kappa shape index (κ3) is 3.58. The molecule has 6 heteroatoms. The average Bonchev–Trinajstić information content (AvgIpc) is 2.93. The Hall–Kier alpha value is -1.40. The number of aliphatic hydroxyl groups excluding tert-OH is 1. The molecule has 0 aromatic carbocycles. The molecule has 0 fully saturated rings. The van der Waals surface area contributed by atoms with Crippen LogP contribution in [0, 0.1) is 5.92 Å². The molecule has 1 atom stereocenters. The Balaban J connectivity index is 2.13. The summed E-state index contributed by atoms with van der Waals surface area (Å²) in [6, 6.07) is 2.04. The van der Waals surface area contributed by atoms with Crippen LogP contribution in [0.5, 0.6) is 0 Å². The van der Waals surface area contributed by atoms with Gasteiger partial charge < -0.3 is 15.7 Å². The molecule has 0 aliphatic carbocycles. The van der Waals surface area contributed by atoms with Crippen molar-refractivity contribution in [2.24, 2.45) is 5.92 Å². The zero-order valence-corrected chi connectivity index (χ0v) is 12.8. The molecule has 3 N–H and O–H groups in total. The molecule has 2 aromatic heterocycles. The van der Waals surface area contributed by atoms with Gasteiger partial charge in [-0.15, -0.1) is 11.3 Å². The second-order valence-electron chi connectivity index (χ2n) is 4.83. The van der Waals surface area contributed by atoms with Crippen LogP contribution >= 0.6 is 11.3 Å². The van der Waals surface area contributed by atoms with E-state index in [9.17, 15) is 0 Å². The molecule has 20 heavy (non-hydrogen) atoms. The van der Waals surface area contributed by atoms with Crippen LogP contribution in [0.15, 0.2) is 11.4 Å². The number of fused-ring (bicyclic) bond motifs is 1. The number of anilines is 2. The van der Waals surface area contributed by atoms with E-state index in [0.717, 1.165) is 41.8 Å². The van der Waals surface area contributed by atoms with E-state index in [2.05, 4.69) is 27.5 Å². The standard InChI is InChI=1S/C14H22N4OS/c1-3-4-10(5-7-19)9-16-12-11-6-8-20-13(11)18-14(15-2)17-12/h6,8,10,19H,3-5,7,9H2,1-2H3,(H2,15,16,17,18). The highest BCUT2D eigenvalue weighted by Gasteiger charge is 2.11. The molecule has 2 aromatic rings. The lowest BCUT2D eigenvalue weighted by Gasteiger charge is -2.16. The number of hydrogen-bond acceptors (Lipinski definition) is 6. The highest BCUT2D eigenvalue weighted by atomic mass is 32.1. The van der Waals surface area contributed by atoms with E-state index in [4.69, 9.17) is 5.11 Å². The van der Waals surface area contributed by atoms with Crippen molar-refractivity contribution in [3.63, 3.8) is 0 Å². The first-order valence-electron chi connectivity index (χ1n) is 7.06. The van der Waals surface area contributed by atoms with E-state index in [1.54, 1.807) is 11.3 Å². The van der Waals surface area contributed by atoms with Gasteiger partial charge in [0.1, 0.15) is 10.6 Å². The quantitative estimate of drug-likeness (QED) is 0.698. The highest BCUT2D eigenvalue weighted by Crippen LogP contribution is 2.26. The van der Waals surface area contributed by atoms with E-state index < -0.39 is 0 Å². The first-order valence-corrected chi connectivity index (χ1v) is 7.94. The van der Waals surface area contributed by atoms with E-state index >= 15 is 0 Å². The van der Waals surface area contributed by atoms with Gasteiger partial charge in [-0.05, 0) is 30.2 Å². The van der Waals surface area contributed by atoms with Crippen LogP contribution < -0.4 is 10.6 Å². The number of aromatic nitrogens is 2. The van der Waals surface area contributed by atoms with Crippen LogP contribution in [0.25, 0.3) is 10.2 Å². The summed E-state index contributed by atoms with van der Waals surface area (Å²) in [4.78, 5) is 9.91. The van der Waals surface area contributed by atoms with Gasteiger partial charge in [-0.3, -0.25) is 0 Å². The lowest BCUT2D eigenvalue weighted by Crippen LogP contribution is -2.17. The van der Waals surface area contributed by atoms with Crippen LogP contribution in [0.4, 0.5) is 11.8 Å². The number of thiophene rings is 1. The van der Waals surface area contributed by atoms with E-state index in [1.807, 2.05) is 18.5 Å². The largest absolute Gasteiger partial charge is 0.396 e. The number of rotatable bonds is 8. The first kappa shape index (κ1) is 15.0. The highest BCUT2D eigenvalue weighted by molar-refractivity contribution is 7.16. The molecule has 0 spiro atoms. The van der Waals surface area contributed by atoms with Crippen LogP contribution in [-0.4, -0.2) is 35.3 Å². The lowest BCUT2D eigenvalue weighted by atomic mass is 10.0. The number of nitrogens with one attached hydrogen (secondary N) is 2. The molecule has 5 nitrogen and oxygen atoms in total. The summed E-state index contributed by atoms with van der Waals surface area (Å²) in [6.45, 7) is 3.25. The van der Waals surface area contributed by atoms with Gasteiger partial charge >= 0.3 is 0 Å². The average molecular weight is 294 g/mol. The molecule has 0 aliphatic heterocycles. The molecule has 2 rings (SSSR count). The molecule has 0 aliphatic rings. The first-order chi connectivity index (χ1) is 9.78. The van der Waals surface area contributed by atoms with Crippen molar-refractivity contribution in [2.45, 2.75) is 26.2 Å². The SMILES string of the molecule is CCCC(CCO)CNc1nc(NC)nc2sccc12. The second kappa shape index (κ2) is 7.40. The summed E-state index contributed by atoms with van der Waals surface area (Å²) in [5, 5.41) is 18.6. The van der Waals surface area contributed by atoms with Crippen LogP contribution in [0.3, 0.4) is 0 Å². The van der Waals surface area contributed by atoms with Gasteiger partial charge in [0.15, 0.2) is 0 Å². The van der Waals surface area contributed by atoms with Gasteiger partial charge in [0.05, 0.1) is 5.39 Å². The summed E-state index contributed by atoms with van der Waals surface area (Å²) < 4.78 is 0. The Kier molecular flexibility index (Phi) is 5.55. The number of hydrogen-bond donors (Lipinski definition) is 3. The molecule has 110 valence electrons. The predicted octanol–water partition coefficient (Wildman–Crippen LogP) is 2.94. The molecule has 0 amide bonds. The third-order valence-corrected chi connectivity index (χ3v) is 4.15. The summed E-state index contributed by atoms with van der Waals surface area (Å²) >= 11 is 1.61. The Morgan fingerprint density at radius 3 is 2.90 bits per heavy atom. The van der Waals surface area contributed by atoms with Crippen LogP contribution in [0.1, 0.15) is 26.2 Å². The minimum absolute atomic E-state index is 0.242. The summed E-state index contributed by atoms with van der Waals surface area (Å²) in [5.74, 6) is 1.99. The van der Waals surface area contributed by atoms with E-state index in [1.165, 1.54) is 0 Å². The number of aliphatic hydroxyl groups is 1. The molecule has 0 saturated carbocycles. The fourth-order valence-electron chi connectivity index (χ4n) is 2.28. The molecule has 0 bridgehead atoms. The van der Waals surface area contributed by atoms with Gasteiger partial charge in [0.25, 0.3) is 0 Å². The summed E-state index contributed by atoms with van der Waals surface area (Å²) in [6.07, 6.45) is 3.08. The molecular formula is C14H22N4OS. The second-order valence-corrected chi connectivity index (χ2v) is 5.73. The Morgan fingerprint density at radius 1 is 1.35 bits per heavy atom. The fraction of sp³-hybridized carbons (Fsp3) is 0.571. The maximum absolute atomic E-state index is 9.12. The fourth-order valence-corrected chi connectivity index (χ4v) is 3.05. The molecular weight excluding hydrogens is 272 g/mol. The summed E-state index contributed by atoms with van der Waals surface area (Å²) in [5.41, 5.74) is 0. The molecule has 0 saturated heterocycles. The van der Waals surface area contributed by atoms with Crippen molar-refractivity contribution >= 4 is 33.3 Å². The third-order valence-electron chi connectivity index (χ3n) is 3.34. The minimum Gasteiger partial charge on any atom is -0.396 e. The van der Waals surface area contributed by atoms with Crippen molar-refractivity contribution in [3.05, 3.63) is 11.4 Å². The zero-order chi connectivity index (χ0) is 14.4. The van der Waals surface area contributed by atoms with E-state index in [-0.39, 0.29) is 6.61 Å². The lowest BCUT2D eigenvalue weighted by molar-refractivity contribution is 0.255. The predicted molar refractivity (Wildman–Crippen MR) is 85.6 cm³/mol. The Bertz CT molecular complexity index is 537. The van der Waals surface area contributed by atoms with E-state index in [0.29, 0.717) is 11.9 Å². The van der Waals surface area contributed by atoms with Gasteiger partial charge in [0.2, 0.25) is 5.95 Å². The smallest absolute Gasteiger partial charge is 0.225 e. The summed E-state index contributed by atoms with van der Waals surface area (Å²) in [7, 11) is 1.82. The van der Waals surface area contributed by atoms with Crippen LogP contribution in [-0.2, 0) is 0 Å². The van der Waals surface area contributed by atoms with Crippen molar-refractivity contribution in [1.82, 2.24) is 9.97 Å². The minimum atomic E-state index is 0.242. The van der Waals surface area contributed by atoms with Crippen molar-refractivity contribution in [3.8, 4) is 0 Å². The Morgan fingerprint density at radius 2 is 2.20 bits per heavy atom. The van der Waals surface area contributed by atoms with Crippen LogP contribution in [0.2, 0.25) is 0 Å². The topological polar surface area (TPSA) is 70.1 Å². The monoisotopic (exact) mass is 294 g/mol. The normalized spacial score (nSPS) is 12.6. The maximum atomic E-state index is 9.12. The Labute approximate surface area is 123 Å². The van der Waals surface area contributed by atoms with Gasteiger partial charge in [-0.2, -0.15) is 4.98 Å². The van der Waals surface area contributed by atoms with Crippen molar-refractivity contribution in [1.29, 1.82) is 0 Å². The van der Waals surface area contributed by atoms with Crippen molar-refractivity contribution < 1.29 is 5.11 Å². The molecule has 2 heterocycles. The zero-order valence-electron chi connectivity index (χ0n) is 12.0. The van der Waals surface area contributed by atoms with Gasteiger partial charge in [0, 0.05) is 20.2 Å².